The van der Waals surface area contributed by atoms with Crippen LogP contribution in [0.2, 0.25) is 0 Å². The van der Waals surface area contributed by atoms with E-state index in [4.69, 9.17) is 11.5 Å². The molecule has 0 saturated carbocycles. The number of aryl methyl sites for hydroxylation is 1. The summed E-state index contributed by atoms with van der Waals surface area (Å²) in [5, 5.41) is 0. The monoisotopic (exact) mass is 165 g/mol. The Hall–Kier alpha value is -0.930. The van der Waals surface area contributed by atoms with Crippen LogP contribution in [0.5, 0.6) is 0 Å². The zero-order valence-electron chi connectivity index (χ0n) is 7.33. The molecule has 12 heavy (non-hydrogen) atoms. The summed E-state index contributed by atoms with van der Waals surface area (Å²) >= 11 is 0. The smallest absolute Gasteiger partial charge is 0.0615 e. The van der Waals surface area contributed by atoms with E-state index in [1.54, 1.807) is 6.20 Å². The molecule has 0 spiro atoms. The third-order valence-corrected chi connectivity index (χ3v) is 1.91. The quantitative estimate of drug-likeness (QED) is 0.689. The number of pyridine rings is 1. The van der Waals surface area contributed by atoms with E-state index in [-0.39, 0.29) is 6.04 Å². The Labute approximate surface area is 72.8 Å². The average molecular weight is 165 g/mol. The van der Waals surface area contributed by atoms with E-state index >= 15 is 0 Å². The molecule has 4 N–H and O–H groups in total. The highest BCUT2D eigenvalue weighted by Crippen LogP contribution is 2.12. The second-order valence-corrected chi connectivity index (χ2v) is 2.74. The molecule has 0 saturated heterocycles. The highest BCUT2D eigenvalue weighted by molar-refractivity contribution is 5.22. The molecule has 1 heterocycles. The lowest BCUT2D eigenvalue weighted by molar-refractivity contribution is 0.699. The van der Waals surface area contributed by atoms with Gasteiger partial charge >= 0.3 is 0 Å². The fourth-order valence-corrected chi connectivity index (χ4v) is 1.20. The van der Waals surface area contributed by atoms with Crippen LogP contribution in [0.3, 0.4) is 0 Å². The highest BCUT2D eigenvalue weighted by atomic mass is 14.8. The Balaban J connectivity index is 2.96. The maximum absolute atomic E-state index is 5.78. The molecule has 1 aromatic heterocycles. The Morgan fingerprint density at radius 1 is 1.58 bits per heavy atom. The Bertz CT molecular complexity index is 247. The van der Waals surface area contributed by atoms with Gasteiger partial charge in [-0.3, -0.25) is 4.98 Å². The van der Waals surface area contributed by atoms with Crippen molar-refractivity contribution in [1.29, 1.82) is 0 Å². The summed E-state index contributed by atoms with van der Waals surface area (Å²) in [5.41, 5.74) is 13.4. The number of nitrogens with zero attached hydrogens (tertiary/aromatic N) is 1. The lowest BCUT2D eigenvalue weighted by Gasteiger charge is -2.11. The van der Waals surface area contributed by atoms with Gasteiger partial charge in [0.1, 0.15) is 0 Å². The van der Waals surface area contributed by atoms with Crippen LogP contribution in [0.25, 0.3) is 0 Å². The number of hydrogen-bond donors (Lipinski definition) is 2. The molecule has 1 atom stereocenters. The van der Waals surface area contributed by atoms with Crippen LogP contribution >= 0.6 is 0 Å². The number of aromatic nitrogens is 1. The van der Waals surface area contributed by atoms with Gasteiger partial charge < -0.3 is 11.5 Å². The van der Waals surface area contributed by atoms with Crippen molar-refractivity contribution in [3.05, 3.63) is 29.6 Å². The van der Waals surface area contributed by atoms with Gasteiger partial charge in [0, 0.05) is 12.7 Å². The summed E-state index contributed by atoms with van der Waals surface area (Å²) in [6.07, 6.45) is 2.71. The first-order valence-corrected chi connectivity index (χ1v) is 4.19. The van der Waals surface area contributed by atoms with Crippen molar-refractivity contribution in [2.75, 3.05) is 6.54 Å². The van der Waals surface area contributed by atoms with Crippen LogP contribution in [0.4, 0.5) is 0 Å². The molecule has 0 amide bonds. The van der Waals surface area contributed by atoms with E-state index < -0.39 is 0 Å². The van der Waals surface area contributed by atoms with E-state index in [9.17, 15) is 0 Å². The summed E-state index contributed by atoms with van der Waals surface area (Å²) in [7, 11) is 0. The SMILES string of the molecule is CCc1cccnc1C(N)CN. The molecule has 0 fully saturated rings. The lowest BCUT2D eigenvalue weighted by atomic mass is 10.1. The predicted octanol–water partition coefficient (Wildman–Crippen LogP) is 0.603. The van der Waals surface area contributed by atoms with Gasteiger partial charge in [0.05, 0.1) is 11.7 Å². The molecule has 0 radical (unpaired) electrons. The second kappa shape index (κ2) is 4.18. The largest absolute Gasteiger partial charge is 0.329 e. The molecular weight excluding hydrogens is 150 g/mol. The third-order valence-electron chi connectivity index (χ3n) is 1.91. The van der Waals surface area contributed by atoms with E-state index in [0.717, 1.165) is 12.1 Å². The van der Waals surface area contributed by atoms with Crippen LogP contribution in [0.1, 0.15) is 24.2 Å². The van der Waals surface area contributed by atoms with Crippen LogP contribution < -0.4 is 11.5 Å². The first kappa shape index (κ1) is 9.16. The Morgan fingerprint density at radius 2 is 2.33 bits per heavy atom. The molecule has 0 aliphatic carbocycles. The van der Waals surface area contributed by atoms with Gasteiger partial charge in [-0.25, -0.2) is 0 Å². The summed E-state index contributed by atoms with van der Waals surface area (Å²) in [5.74, 6) is 0. The van der Waals surface area contributed by atoms with Crippen molar-refractivity contribution >= 4 is 0 Å². The van der Waals surface area contributed by atoms with Gasteiger partial charge in [-0.05, 0) is 18.1 Å². The van der Waals surface area contributed by atoms with Crippen molar-refractivity contribution in [2.24, 2.45) is 11.5 Å². The molecular formula is C9H15N3. The number of nitrogens with two attached hydrogens (primary N) is 2. The van der Waals surface area contributed by atoms with Crippen LogP contribution in [-0.2, 0) is 6.42 Å². The minimum atomic E-state index is -0.124. The topological polar surface area (TPSA) is 64.9 Å². The van der Waals surface area contributed by atoms with Gasteiger partial charge in [0.25, 0.3) is 0 Å². The lowest BCUT2D eigenvalue weighted by Crippen LogP contribution is -2.23. The molecule has 66 valence electrons. The van der Waals surface area contributed by atoms with Gasteiger partial charge in [-0.2, -0.15) is 0 Å². The first-order chi connectivity index (χ1) is 5.79. The van der Waals surface area contributed by atoms with E-state index in [1.807, 2.05) is 12.1 Å². The van der Waals surface area contributed by atoms with E-state index in [1.165, 1.54) is 5.56 Å². The van der Waals surface area contributed by atoms with Gasteiger partial charge in [0.2, 0.25) is 0 Å². The van der Waals surface area contributed by atoms with E-state index in [2.05, 4.69) is 11.9 Å². The standard InChI is InChI=1S/C9H15N3/c1-2-7-4-3-5-12-9(7)8(11)6-10/h3-5,8H,2,6,10-11H2,1H3. The predicted molar refractivity (Wildman–Crippen MR) is 49.6 cm³/mol. The molecule has 0 aliphatic heterocycles. The zero-order chi connectivity index (χ0) is 8.97. The van der Waals surface area contributed by atoms with Gasteiger partial charge in [-0.1, -0.05) is 13.0 Å². The molecule has 3 heteroatoms. The summed E-state index contributed by atoms with van der Waals surface area (Å²) < 4.78 is 0. The maximum Gasteiger partial charge on any atom is 0.0615 e. The fraction of sp³-hybridized carbons (Fsp3) is 0.444. The highest BCUT2D eigenvalue weighted by Gasteiger charge is 2.08. The average Bonchev–Trinajstić information content (AvgIpc) is 2.16. The minimum Gasteiger partial charge on any atom is -0.329 e. The molecule has 0 aliphatic rings. The first-order valence-electron chi connectivity index (χ1n) is 4.19. The van der Waals surface area contributed by atoms with Crippen LogP contribution in [0, 0.1) is 0 Å². The van der Waals surface area contributed by atoms with Crippen molar-refractivity contribution in [3.8, 4) is 0 Å². The fourth-order valence-electron chi connectivity index (χ4n) is 1.20. The zero-order valence-corrected chi connectivity index (χ0v) is 7.33. The molecule has 0 aromatic carbocycles. The van der Waals surface area contributed by atoms with Crippen molar-refractivity contribution in [3.63, 3.8) is 0 Å². The third kappa shape index (κ3) is 1.81. The van der Waals surface area contributed by atoms with Crippen molar-refractivity contribution in [2.45, 2.75) is 19.4 Å². The number of rotatable bonds is 3. The molecule has 0 bridgehead atoms. The molecule has 1 aromatic rings. The van der Waals surface area contributed by atoms with Gasteiger partial charge in [0.15, 0.2) is 0 Å². The Kier molecular flexibility index (Phi) is 3.19. The van der Waals surface area contributed by atoms with Crippen LogP contribution in [-0.4, -0.2) is 11.5 Å². The maximum atomic E-state index is 5.78. The normalized spacial score (nSPS) is 12.9. The van der Waals surface area contributed by atoms with Gasteiger partial charge in [-0.15, -0.1) is 0 Å². The van der Waals surface area contributed by atoms with Crippen LogP contribution in [0.15, 0.2) is 18.3 Å². The Morgan fingerprint density at radius 3 is 2.92 bits per heavy atom. The second-order valence-electron chi connectivity index (χ2n) is 2.74. The van der Waals surface area contributed by atoms with Crippen molar-refractivity contribution in [1.82, 2.24) is 4.98 Å². The molecule has 1 unspecified atom stereocenters. The molecule has 3 nitrogen and oxygen atoms in total. The number of hydrogen-bond acceptors (Lipinski definition) is 3. The van der Waals surface area contributed by atoms with E-state index in [0.29, 0.717) is 6.54 Å². The van der Waals surface area contributed by atoms with Crippen molar-refractivity contribution < 1.29 is 0 Å². The summed E-state index contributed by atoms with van der Waals surface area (Å²) in [6.45, 7) is 2.54. The molecule has 1 rings (SSSR count). The minimum absolute atomic E-state index is 0.124. The summed E-state index contributed by atoms with van der Waals surface area (Å²) in [4.78, 5) is 4.22. The summed E-state index contributed by atoms with van der Waals surface area (Å²) in [6, 6.07) is 3.84.